The standard InChI is InChI=1S/C18H22BrNO2/c1-18(2,3)22-17(21)20(14-8-7-13-19)15-9-12-16-10-5-4-6-11-16/h4-8,10-11H,13-15H2,1-3H3/b8-7+. The lowest BCUT2D eigenvalue weighted by molar-refractivity contribution is 0.0296. The second-order valence-electron chi connectivity index (χ2n) is 5.65. The Morgan fingerprint density at radius 2 is 1.95 bits per heavy atom. The topological polar surface area (TPSA) is 29.5 Å². The Kier molecular flexibility index (Phi) is 7.76. The van der Waals surface area contributed by atoms with Crippen molar-refractivity contribution in [3.8, 4) is 11.8 Å². The molecule has 0 saturated heterocycles. The van der Waals surface area contributed by atoms with Gasteiger partial charge in [-0.1, -0.05) is 58.1 Å². The van der Waals surface area contributed by atoms with Crippen LogP contribution in [0.2, 0.25) is 0 Å². The van der Waals surface area contributed by atoms with Crippen molar-refractivity contribution in [2.45, 2.75) is 26.4 Å². The van der Waals surface area contributed by atoms with E-state index in [0.29, 0.717) is 13.1 Å². The molecule has 3 nitrogen and oxygen atoms in total. The number of allylic oxidation sites excluding steroid dienone is 1. The monoisotopic (exact) mass is 363 g/mol. The summed E-state index contributed by atoms with van der Waals surface area (Å²) in [6.45, 7) is 6.37. The average molecular weight is 364 g/mol. The zero-order chi connectivity index (χ0) is 16.4. The van der Waals surface area contributed by atoms with E-state index in [1.807, 2.05) is 63.3 Å². The van der Waals surface area contributed by atoms with Crippen LogP contribution < -0.4 is 0 Å². The third-order valence-corrected chi connectivity index (χ3v) is 2.88. The number of alkyl halides is 1. The molecule has 0 N–H and O–H groups in total. The molecule has 0 saturated carbocycles. The maximum Gasteiger partial charge on any atom is 0.411 e. The Bertz CT molecular complexity index is 550. The van der Waals surface area contributed by atoms with E-state index in [9.17, 15) is 4.79 Å². The highest BCUT2D eigenvalue weighted by Gasteiger charge is 2.20. The highest BCUT2D eigenvalue weighted by Crippen LogP contribution is 2.10. The van der Waals surface area contributed by atoms with E-state index >= 15 is 0 Å². The van der Waals surface area contributed by atoms with Gasteiger partial charge in [-0.05, 0) is 32.9 Å². The molecule has 0 unspecified atom stereocenters. The van der Waals surface area contributed by atoms with Gasteiger partial charge in [-0.2, -0.15) is 0 Å². The number of hydrogen-bond donors (Lipinski definition) is 0. The average Bonchev–Trinajstić information content (AvgIpc) is 2.45. The number of benzene rings is 1. The largest absolute Gasteiger partial charge is 0.444 e. The number of rotatable bonds is 4. The van der Waals surface area contributed by atoms with E-state index in [2.05, 4.69) is 27.8 Å². The molecule has 1 amide bonds. The molecule has 0 bridgehead atoms. The van der Waals surface area contributed by atoms with Gasteiger partial charge in [0.2, 0.25) is 0 Å². The second kappa shape index (κ2) is 9.32. The molecule has 0 heterocycles. The summed E-state index contributed by atoms with van der Waals surface area (Å²) in [5.74, 6) is 6.08. The van der Waals surface area contributed by atoms with Crippen molar-refractivity contribution in [1.82, 2.24) is 4.90 Å². The minimum absolute atomic E-state index is 0.330. The fourth-order valence-corrected chi connectivity index (χ4v) is 1.82. The smallest absolute Gasteiger partial charge is 0.411 e. The van der Waals surface area contributed by atoms with Gasteiger partial charge >= 0.3 is 6.09 Å². The lowest BCUT2D eigenvalue weighted by Crippen LogP contribution is -2.37. The number of nitrogens with zero attached hydrogens (tertiary/aromatic N) is 1. The molecule has 0 fully saturated rings. The van der Waals surface area contributed by atoms with E-state index in [1.54, 1.807) is 4.90 Å². The van der Waals surface area contributed by atoms with Gasteiger partial charge in [-0.25, -0.2) is 4.79 Å². The zero-order valence-corrected chi connectivity index (χ0v) is 14.9. The minimum atomic E-state index is -0.513. The molecule has 118 valence electrons. The quantitative estimate of drug-likeness (QED) is 0.455. The van der Waals surface area contributed by atoms with Crippen molar-refractivity contribution in [2.75, 3.05) is 18.4 Å². The molecule has 0 atom stereocenters. The highest BCUT2D eigenvalue weighted by atomic mass is 79.9. The number of hydrogen-bond acceptors (Lipinski definition) is 2. The first-order valence-electron chi connectivity index (χ1n) is 7.15. The summed E-state index contributed by atoms with van der Waals surface area (Å²) < 4.78 is 5.41. The highest BCUT2D eigenvalue weighted by molar-refractivity contribution is 9.09. The molecule has 0 radical (unpaired) electrons. The zero-order valence-electron chi connectivity index (χ0n) is 13.3. The summed E-state index contributed by atoms with van der Waals surface area (Å²) >= 11 is 3.32. The van der Waals surface area contributed by atoms with Gasteiger partial charge in [0.25, 0.3) is 0 Å². The predicted molar refractivity (Wildman–Crippen MR) is 94.1 cm³/mol. The first kappa shape index (κ1) is 18.3. The van der Waals surface area contributed by atoms with Crippen LogP contribution >= 0.6 is 15.9 Å². The predicted octanol–water partition coefficient (Wildman–Crippen LogP) is 4.23. The normalized spacial score (nSPS) is 10.9. The van der Waals surface area contributed by atoms with Crippen molar-refractivity contribution in [2.24, 2.45) is 0 Å². The summed E-state index contributed by atoms with van der Waals surface area (Å²) in [6.07, 6.45) is 3.51. The summed E-state index contributed by atoms with van der Waals surface area (Å²) in [6, 6.07) is 9.71. The summed E-state index contributed by atoms with van der Waals surface area (Å²) in [4.78, 5) is 13.8. The molecule has 1 aromatic rings. The van der Waals surface area contributed by atoms with E-state index in [-0.39, 0.29) is 6.09 Å². The fourth-order valence-electron chi connectivity index (χ4n) is 1.55. The Morgan fingerprint density at radius 1 is 1.27 bits per heavy atom. The van der Waals surface area contributed by atoms with Crippen LogP contribution in [0.25, 0.3) is 0 Å². The molecular weight excluding hydrogens is 342 g/mol. The first-order chi connectivity index (χ1) is 10.4. The molecule has 1 rings (SSSR count). The Morgan fingerprint density at radius 3 is 2.55 bits per heavy atom. The van der Waals surface area contributed by atoms with E-state index < -0.39 is 5.60 Å². The van der Waals surface area contributed by atoms with Crippen molar-refractivity contribution < 1.29 is 9.53 Å². The first-order valence-corrected chi connectivity index (χ1v) is 8.27. The van der Waals surface area contributed by atoms with Crippen LogP contribution in [0, 0.1) is 11.8 Å². The molecule has 1 aromatic carbocycles. The number of halogens is 1. The van der Waals surface area contributed by atoms with Crippen LogP contribution in [-0.2, 0) is 4.74 Å². The molecular formula is C18H22BrNO2. The van der Waals surface area contributed by atoms with Gasteiger partial charge in [0.15, 0.2) is 0 Å². The number of amides is 1. The maximum atomic E-state index is 12.2. The summed E-state index contributed by atoms with van der Waals surface area (Å²) in [7, 11) is 0. The molecule has 22 heavy (non-hydrogen) atoms. The van der Waals surface area contributed by atoms with Gasteiger partial charge in [-0.3, -0.25) is 4.90 Å². The van der Waals surface area contributed by atoms with Crippen LogP contribution in [-0.4, -0.2) is 35.0 Å². The fraction of sp³-hybridized carbons (Fsp3) is 0.389. The third kappa shape index (κ3) is 7.90. The Balaban J connectivity index is 2.71. The van der Waals surface area contributed by atoms with E-state index in [0.717, 1.165) is 10.9 Å². The molecule has 0 aliphatic heterocycles. The second-order valence-corrected chi connectivity index (χ2v) is 6.30. The van der Waals surface area contributed by atoms with Gasteiger partial charge in [-0.15, -0.1) is 0 Å². The van der Waals surface area contributed by atoms with Crippen molar-refractivity contribution in [1.29, 1.82) is 0 Å². The lowest BCUT2D eigenvalue weighted by Gasteiger charge is -2.25. The van der Waals surface area contributed by atoms with Crippen LogP contribution in [0.15, 0.2) is 42.5 Å². The summed E-state index contributed by atoms with van der Waals surface area (Å²) in [5.41, 5.74) is 0.420. The number of ether oxygens (including phenoxy) is 1. The SMILES string of the molecule is CC(C)(C)OC(=O)N(CC#Cc1ccccc1)C/C=C/CBr. The number of carbonyl (C=O) groups is 1. The lowest BCUT2D eigenvalue weighted by atomic mass is 10.2. The van der Waals surface area contributed by atoms with E-state index in [1.165, 1.54) is 0 Å². The van der Waals surface area contributed by atoms with Crippen molar-refractivity contribution >= 4 is 22.0 Å². The van der Waals surface area contributed by atoms with Gasteiger partial charge in [0.05, 0.1) is 6.54 Å². The molecule has 0 spiro atoms. The third-order valence-electron chi connectivity index (χ3n) is 2.51. The van der Waals surface area contributed by atoms with Gasteiger partial charge in [0.1, 0.15) is 5.60 Å². The van der Waals surface area contributed by atoms with E-state index in [4.69, 9.17) is 4.74 Å². The molecule has 0 aliphatic rings. The van der Waals surface area contributed by atoms with Crippen molar-refractivity contribution in [3.63, 3.8) is 0 Å². The summed E-state index contributed by atoms with van der Waals surface area (Å²) in [5, 5.41) is 0.755. The van der Waals surface area contributed by atoms with Crippen LogP contribution in [0.5, 0.6) is 0 Å². The Labute approximate surface area is 141 Å². The van der Waals surface area contributed by atoms with Crippen molar-refractivity contribution in [3.05, 3.63) is 48.0 Å². The van der Waals surface area contributed by atoms with Gasteiger partial charge in [0, 0.05) is 17.4 Å². The van der Waals surface area contributed by atoms with Crippen LogP contribution in [0.4, 0.5) is 4.79 Å². The Hall–Kier alpha value is -1.73. The number of carbonyl (C=O) groups excluding carboxylic acids is 1. The molecule has 0 aliphatic carbocycles. The van der Waals surface area contributed by atoms with Crippen LogP contribution in [0.3, 0.4) is 0 Å². The van der Waals surface area contributed by atoms with Crippen LogP contribution in [0.1, 0.15) is 26.3 Å². The minimum Gasteiger partial charge on any atom is -0.444 e. The molecule has 4 heteroatoms. The molecule has 0 aromatic heterocycles. The maximum absolute atomic E-state index is 12.2. The van der Waals surface area contributed by atoms with Gasteiger partial charge < -0.3 is 4.74 Å².